The molecule has 25 heavy (non-hydrogen) atoms. The van der Waals surface area contributed by atoms with E-state index in [1.807, 2.05) is 30.9 Å². The van der Waals surface area contributed by atoms with Gasteiger partial charge in [0.05, 0.1) is 17.4 Å². The molecule has 134 valence electrons. The molecule has 0 aromatic carbocycles. The minimum atomic E-state index is 0.0453. The maximum Gasteiger partial charge on any atom is 0.256 e. The quantitative estimate of drug-likeness (QED) is 0.762. The lowest BCUT2D eigenvalue weighted by Crippen LogP contribution is -2.40. The number of rotatable bonds is 5. The van der Waals surface area contributed by atoms with Gasteiger partial charge in [-0.15, -0.1) is 11.8 Å². The third kappa shape index (κ3) is 4.04. The molecule has 1 aliphatic rings. The number of ether oxygens (including phenoxy) is 1. The van der Waals surface area contributed by atoms with Crippen molar-refractivity contribution in [3.63, 3.8) is 0 Å². The van der Waals surface area contributed by atoms with Gasteiger partial charge in [0.2, 0.25) is 0 Å². The Kier molecular flexibility index (Phi) is 5.75. The van der Waals surface area contributed by atoms with Gasteiger partial charge >= 0.3 is 0 Å². The maximum absolute atomic E-state index is 12.9. The molecule has 0 N–H and O–H groups in total. The van der Waals surface area contributed by atoms with E-state index in [4.69, 9.17) is 9.26 Å². The van der Waals surface area contributed by atoms with Gasteiger partial charge in [-0.1, -0.05) is 5.16 Å². The van der Waals surface area contributed by atoms with E-state index < -0.39 is 0 Å². The number of hydrogen-bond acceptors (Lipinski definition) is 6. The van der Waals surface area contributed by atoms with E-state index in [0.29, 0.717) is 11.3 Å². The van der Waals surface area contributed by atoms with Crippen molar-refractivity contribution in [2.45, 2.75) is 43.6 Å². The summed E-state index contributed by atoms with van der Waals surface area (Å²) in [6.07, 6.45) is 3.74. The highest BCUT2D eigenvalue weighted by atomic mass is 32.2. The van der Waals surface area contributed by atoms with E-state index in [9.17, 15) is 4.79 Å². The van der Waals surface area contributed by atoms with Crippen LogP contribution in [0, 0.1) is 13.8 Å². The van der Waals surface area contributed by atoms with Crippen LogP contribution in [0.5, 0.6) is 0 Å². The van der Waals surface area contributed by atoms with Crippen LogP contribution in [0.1, 0.15) is 40.2 Å². The SMILES string of the molecule is COC1CCN(C(=O)c2cccnc2SCc2c(C)noc2C)CC1. The van der Waals surface area contributed by atoms with Crippen molar-refractivity contribution in [1.82, 2.24) is 15.0 Å². The fourth-order valence-corrected chi connectivity index (χ4v) is 4.12. The number of hydrogen-bond donors (Lipinski definition) is 0. The molecular formula is C18H23N3O3S. The van der Waals surface area contributed by atoms with Gasteiger partial charge in [0, 0.05) is 37.7 Å². The number of aryl methyl sites for hydroxylation is 2. The van der Waals surface area contributed by atoms with Gasteiger partial charge in [0.25, 0.3) is 5.91 Å². The summed E-state index contributed by atoms with van der Waals surface area (Å²) in [4.78, 5) is 19.2. The Morgan fingerprint density at radius 1 is 1.40 bits per heavy atom. The van der Waals surface area contributed by atoms with Crippen LogP contribution in [0.25, 0.3) is 0 Å². The normalized spacial score (nSPS) is 15.6. The number of aromatic nitrogens is 2. The molecule has 2 aromatic heterocycles. The van der Waals surface area contributed by atoms with Gasteiger partial charge in [-0.25, -0.2) is 4.98 Å². The number of methoxy groups -OCH3 is 1. The van der Waals surface area contributed by atoms with Crippen molar-refractivity contribution in [3.05, 3.63) is 40.9 Å². The lowest BCUT2D eigenvalue weighted by Gasteiger charge is -2.31. The Morgan fingerprint density at radius 2 is 2.16 bits per heavy atom. The first-order valence-corrected chi connectivity index (χ1v) is 9.40. The molecular weight excluding hydrogens is 338 g/mol. The van der Waals surface area contributed by atoms with Crippen LogP contribution in [0.4, 0.5) is 0 Å². The molecule has 0 unspecified atom stereocenters. The zero-order valence-corrected chi connectivity index (χ0v) is 15.6. The Morgan fingerprint density at radius 3 is 2.80 bits per heavy atom. The summed E-state index contributed by atoms with van der Waals surface area (Å²) >= 11 is 1.55. The number of nitrogens with zero attached hydrogens (tertiary/aromatic N) is 3. The molecule has 3 heterocycles. The predicted octanol–water partition coefficient (Wildman–Crippen LogP) is 3.23. The molecule has 7 heteroatoms. The second-order valence-electron chi connectivity index (χ2n) is 6.17. The van der Waals surface area contributed by atoms with Crippen LogP contribution in [-0.4, -0.2) is 47.3 Å². The van der Waals surface area contributed by atoms with E-state index >= 15 is 0 Å². The number of thioether (sulfide) groups is 1. The van der Waals surface area contributed by atoms with Gasteiger partial charge in [-0.05, 0) is 38.8 Å². The number of piperidine rings is 1. The summed E-state index contributed by atoms with van der Waals surface area (Å²) < 4.78 is 10.6. The summed E-state index contributed by atoms with van der Waals surface area (Å²) in [6, 6.07) is 3.67. The van der Waals surface area contributed by atoms with Crippen LogP contribution in [0.15, 0.2) is 27.9 Å². The molecule has 0 bridgehead atoms. The van der Waals surface area contributed by atoms with E-state index in [1.165, 1.54) is 0 Å². The van der Waals surface area contributed by atoms with Crippen molar-refractivity contribution in [1.29, 1.82) is 0 Å². The highest BCUT2D eigenvalue weighted by Crippen LogP contribution is 2.28. The van der Waals surface area contributed by atoms with Crippen molar-refractivity contribution in [2.75, 3.05) is 20.2 Å². The Labute approximate surface area is 151 Å². The molecule has 0 radical (unpaired) electrons. The summed E-state index contributed by atoms with van der Waals surface area (Å²) in [5, 5.41) is 4.73. The summed E-state index contributed by atoms with van der Waals surface area (Å²) in [5.41, 5.74) is 2.61. The minimum Gasteiger partial charge on any atom is -0.381 e. The molecule has 3 rings (SSSR count). The highest BCUT2D eigenvalue weighted by Gasteiger charge is 2.25. The molecule has 1 saturated heterocycles. The molecule has 0 atom stereocenters. The zero-order chi connectivity index (χ0) is 17.8. The van der Waals surface area contributed by atoms with Gasteiger partial charge in [-0.2, -0.15) is 0 Å². The van der Waals surface area contributed by atoms with Gasteiger partial charge < -0.3 is 14.2 Å². The molecule has 1 aliphatic heterocycles. The summed E-state index contributed by atoms with van der Waals surface area (Å²) in [5.74, 6) is 1.55. The number of carbonyl (C=O) groups is 1. The number of amides is 1. The van der Waals surface area contributed by atoms with Crippen LogP contribution in [-0.2, 0) is 10.5 Å². The second-order valence-corrected chi connectivity index (χ2v) is 7.14. The number of carbonyl (C=O) groups excluding carboxylic acids is 1. The van der Waals surface area contributed by atoms with Crippen LogP contribution in [0.3, 0.4) is 0 Å². The third-order valence-corrected chi connectivity index (χ3v) is 5.63. The number of likely N-dealkylation sites (tertiary alicyclic amines) is 1. The fraction of sp³-hybridized carbons (Fsp3) is 0.500. The van der Waals surface area contributed by atoms with Crippen molar-refractivity contribution in [2.24, 2.45) is 0 Å². The van der Waals surface area contributed by atoms with Crippen LogP contribution < -0.4 is 0 Å². The largest absolute Gasteiger partial charge is 0.381 e. The fourth-order valence-electron chi connectivity index (χ4n) is 2.98. The van der Waals surface area contributed by atoms with E-state index in [-0.39, 0.29) is 12.0 Å². The Balaban J connectivity index is 1.71. The first kappa shape index (κ1) is 17.9. The van der Waals surface area contributed by atoms with E-state index in [1.54, 1.807) is 25.1 Å². The van der Waals surface area contributed by atoms with E-state index in [2.05, 4.69) is 10.1 Å². The van der Waals surface area contributed by atoms with Crippen molar-refractivity contribution < 1.29 is 14.1 Å². The second kappa shape index (κ2) is 8.01. The van der Waals surface area contributed by atoms with Crippen molar-refractivity contribution >= 4 is 17.7 Å². The van der Waals surface area contributed by atoms with Gasteiger partial charge in [-0.3, -0.25) is 4.79 Å². The molecule has 1 amide bonds. The van der Waals surface area contributed by atoms with Gasteiger partial charge in [0.15, 0.2) is 0 Å². The first-order valence-electron chi connectivity index (χ1n) is 8.41. The maximum atomic E-state index is 12.9. The molecule has 2 aromatic rings. The highest BCUT2D eigenvalue weighted by molar-refractivity contribution is 7.98. The third-order valence-electron chi connectivity index (χ3n) is 4.60. The average molecular weight is 361 g/mol. The van der Waals surface area contributed by atoms with Crippen LogP contribution in [0.2, 0.25) is 0 Å². The van der Waals surface area contributed by atoms with Crippen molar-refractivity contribution in [3.8, 4) is 0 Å². The average Bonchev–Trinajstić information content (AvgIpc) is 2.97. The first-order chi connectivity index (χ1) is 12.1. The monoisotopic (exact) mass is 361 g/mol. The molecule has 0 spiro atoms. The molecule has 1 fully saturated rings. The standard InChI is InChI=1S/C18H23N3O3S/c1-12-16(13(2)24-20-12)11-25-17-15(5-4-8-19-17)18(22)21-9-6-14(23-3)7-10-21/h4-5,8,14H,6-7,9-11H2,1-3H3. The smallest absolute Gasteiger partial charge is 0.256 e. The number of pyridine rings is 1. The lowest BCUT2D eigenvalue weighted by atomic mass is 10.1. The predicted molar refractivity (Wildman–Crippen MR) is 95.7 cm³/mol. The van der Waals surface area contributed by atoms with E-state index in [0.717, 1.165) is 48.0 Å². The molecule has 6 nitrogen and oxygen atoms in total. The zero-order valence-electron chi connectivity index (χ0n) is 14.8. The van der Waals surface area contributed by atoms with Gasteiger partial charge in [0.1, 0.15) is 10.8 Å². The minimum absolute atomic E-state index is 0.0453. The lowest BCUT2D eigenvalue weighted by molar-refractivity contribution is 0.0348. The summed E-state index contributed by atoms with van der Waals surface area (Å²) in [6.45, 7) is 5.28. The molecule has 0 saturated carbocycles. The van der Waals surface area contributed by atoms with Crippen LogP contribution >= 0.6 is 11.8 Å². The Hall–Kier alpha value is -1.86. The topological polar surface area (TPSA) is 68.5 Å². The molecule has 0 aliphatic carbocycles. The Bertz CT molecular complexity index is 719. The summed E-state index contributed by atoms with van der Waals surface area (Å²) in [7, 11) is 1.73.